The average Bonchev–Trinajstić information content (AvgIpc) is 3.30. The van der Waals surface area contributed by atoms with Crippen molar-refractivity contribution >= 4 is 28.8 Å². The van der Waals surface area contributed by atoms with Crippen molar-refractivity contribution in [2.45, 2.75) is 130 Å². The van der Waals surface area contributed by atoms with E-state index in [0.717, 1.165) is 57.4 Å². The van der Waals surface area contributed by atoms with E-state index in [9.17, 15) is 9.59 Å². The van der Waals surface area contributed by atoms with Crippen LogP contribution in [0.15, 0.2) is 127 Å². The molecule has 0 radical (unpaired) electrons. The van der Waals surface area contributed by atoms with Crippen LogP contribution >= 0.6 is 0 Å². The van der Waals surface area contributed by atoms with Crippen LogP contribution in [0, 0.1) is 5.92 Å². The Morgan fingerprint density at radius 2 is 1.12 bits per heavy atom. The van der Waals surface area contributed by atoms with E-state index in [0.29, 0.717) is 70.7 Å². The zero-order valence-electron chi connectivity index (χ0n) is 40.1. The highest BCUT2D eigenvalue weighted by Gasteiger charge is 2.36. The molecule has 0 bridgehead atoms. The Morgan fingerprint density at radius 1 is 0.600 bits per heavy atom. The van der Waals surface area contributed by atoms with Crippen molar-refractivity contribution in [2.24, 2.45) is 5.92 Å². The molecule has 5 rings (SSSR count). The Labute approximate surface area is 391 Å². The third kappa shape index (κ3) is 17.1. The molecule has 8 nitrogen and oxygen atoms in total. The lowest BCUT2D eigenvalue weighted by molar-refractivity contribution is 0.0715. The largest absolute Gasteiger partial charge is 0.494 e. The predicted molar refractivity (Wildman–Crippen MR) is 267 cm³/mol. The summed E-state index contributed by atoms with van der Waals surface area (Å²) in [4.78, 5) is 26.8. The summed E-state index contributed by atoms with van der Waals surface area (Å²) >= 11 is 0. The van der Waals surface area contributed by atoms with E-state index in [1.54, 1.807) is 66.7 Å². The smallest absolute Gasteiger partial charge is 0.343 e. The standard InChI is InChI=1S/C55H72O8Si2/c1-9-12-35-58-50-28-24-47(25-29-50)54(56)61-52-32-33-53(62-55(57)48-26-30-51(31-27-48)59-36-13-10-2)49(40-52)41-60-65(7,8)63-64(5,6)37-34-43(38-42(4)45-20-16-14-17-21-45)39-44(11-3)46-22-18-15-19-23-46/h14-33,40,42-44H,9-13,34-39,41H2,1-8H3. The van der Waals surface area contributed by atoms with Crippen LogP contribution in [0.2, 0.25) is 32.2 Å². The minimum atomic E-state index is -2.75. The number of carbonyl (C=O) groups excluding carboxylic acids is 2. The van der Waals surface area contributed by atoms with Crippen molar-refractivity contribution in [3.8, 4) is 23.0 Å². The number of hydrogen-bond donors (Lipinski definition) is 0. The molecule has 0 amide bonds. The molecule has 3 atom stereocenters. The molecule has 0 spiro atoms. The normalized spacial score (nSPS) is 13.1. The number of ether oxygens (including phenoxy) is 4. The second-order valence-corrected chi connectivity index (χ2v) is 26.2. The number of benzene rings is 5. The van der Waals surface area contributed by atoms with E-state index in [4.69, 9.17) is 27.5 Å². The Morgan fingerprint density at radius 3 is 1.66 bits per heavy atom. The Bertz CT molecular complexity index is 2180. The third-order valence-electron chi connectivity index (χ3n) is 11.8. The molecule has 0 aliphatic rings. The molecule has 0 aromatic heterocycles. The molecular weight excluding hydrogens is 845 g/mol. The molecule has 348 valence electrons. The summed E-state index contributed by atoms with van der Waals surface area (Å²) in [7, 11) is -4.98. The van der Waals surface area contributed by atoms with Crippen molar-refractivity contribution in [1.82, 2.24) is 0 Å². The van der Waals surface area contributed by atoms with Gasteiger partial charge in [-0.3, -0.25) is 0 Å². The fraction of sp³-hybridized carbons (Fsp3) is 0.418. The molecule has 0 aliphatic heterocycles. The summed E-state index contributed by atoms with van der Waals surface area (Å²) in [5.41, 5.74) is 4.13. The number of esters is 2. The van der Waals surface area contributed by atoms with Crippen LogP contribution in [-0.4, -0.2) is 42.0 Å². The summed E-state index contributed by atoms with van der Waals surface area (Å²) in [5.74, 6) is 2.46. The summed E-state index contributed by atoms with van der Waals surface area (Å²) < 4.78 is 37.2. The minimum absolute atomic E-state index is 0.0954. The van der Waals surface area contributed by atoms with E-state index in [-0.39, 0.29) is 6.61 Å². The van der Waals surface area contributed by atoms with Crippen molar-refractivity contribution in [3.05, 3.63) is 155 Å². The van der Waals surface area contributed by atoms with Gasteiger partial charge in [0.2, 0.25) is 0 Å². The first kappa shape index (κ1) is 51.0. The van der Waals surface area contributed by atoms with E-state index in [1.807, 2.05) is 0 Å². The number of carbonyl (C=O) groups is 2. The molecular formula is C55H72O8Si2. The molecule has 3 unspecified atom stereocenters. The maximum absolute atomic E-state index is 13.5. The van der Waals surface area contributed by atoms with E-state index >= 15 is 0 Å². The molecule has 0 saturated heterocycles. The first-order valence-electron chi connectivity index (χ1n) is 23.7. The van der Waals surface area contributed by atoms with Crippen molar-refractivity contribution in [2.75, 3.05) is 13.2 Å². The Hall–Kier alpha value is -5.01. The summed E-state index contributed by atoms with van der Waals surface area (Å²) in [5, 5.41) is 0. The fourth-order valence-electron chi connectivity index (χ4n) is 8.16. The quantitative estimate of drug-likeness (QED) is 0.0223. The zero-order chi connectivity index (χ0) is 46.7. The van der Waals surface area contributed by atoms with Crippen molar-refractivity contribution < 1.29 is 37.1 Å². The van der Waals surface area contributed by atoms with Gasteiger partial charge in [0.1, 0.15) is 23.0 Å². The van der Waals surface area contributed by atoms with Gasteiger partial charge in [0, 0.05) is 5.56 Å². The average molecular weight is 917 g/mol. The highest BCUT2D eigenvalue weighted by atomic mass is 28.4. The first-order chi connectivity index (χ1) is 31.3. The maximum atomic E-state index is 13.5. The molecule has 65 heavy (non-hydrogen) atoms. The van der Waals surface area contributed by atoms with Gasteiger partial charge in [0.15, 0.2) is 8.32 Å². The van der Waals surface area contributed by atoms with Gasteiger partial charge in [-0.1, -0.05) is 108 Å². The zero-order valence-corrected chi connectivity index (χ0v) is 42.1. The molecule has 0 heterocycles. The van der Waals surface area contributed by atoms with Gasteiger partial charge in [-0.15, -0.1) is 0 Å². The van der Waals surface area contributed by atoms with E-state index < -0.39 is 28.8 Å². The Kier molecular flexibility index (Phi) is 20.1. The Balaban J connectivity index is 1.29. The minimum Gasteiger partial charge on any atom is -0.494 e. The lowest BCUT2D eigenvalue weighted by Gasteiger charge is -2.35. The van der Waals surface area contributed by atoms with Crippen LogP contribution in [-0.2, 0) is 15.1 Å². The van der Waals surface area contributed by atoms with Crippen LogP contribution in [0.4, 0.5) is 0 Å². The van der Waals surface area contributed by atoms with Gasteiger partial charge in [0.25, 0.3) is 0 Å². The van der Waals surface area contributed by atoms with Crippen LogP contribution in [0.1, 0.15) is 128 Å². The van der Waals surface area contributed by atoms with Gasteiger partial charge >= 0.3 is 20.5 Å². The monoisotopic (exact) mass is 916 g/mol. The topological polar surface area (TPSA) is 89.5 Å². The molecule has 5 aromatic carbocycles. The van der Waals surface area contributed by atoms with Gasteiger partial charge in [-0.2, -0.15) is 0 Å². The van der Waals surface area contributed by atoms with Gasteiger partial charge in [-0.05, 0) is 160 Å². The molecule has 0 N–H and O–H groups in total. The number of rotatable bonds is 27. The van der Waals surface area contributed by atoms with Gasteiger partial charge in [0.05, 0.1) is 30.9 Å². The third-order valence-corrected chi connectivity index (χ3v) is 18.4. The van der Waals surface area contributed by atoms with Crippen LogP contribution in [0.3, 0.4) is 0 Å². The van der Waals surface area contributed by atoms with Crippen LogP contribution in [0.25, 0.3) is 0 Å². The maximum Gasteiger partial charge on any atom is 0.343 e. The lowest BCUT2D eigenvalue weighted by atomic mass is 9.80. The highest BCUT2D eigenvalue weighted by Crippen LogP contribution is 2.37. The lowest BCUT2D eigenvalue weighted by Crippen LogP contribution is -2.46. The molecule has 0 aliphatic carbocycles. The molecule has 0 saturated carbocycles. The second-order valence-electron chi connectivity index (χ2n) is 18.3. The van der Waals surface area contributed by atoms with E-state index in [2.05, 4.69) is 115 Å². The number of hydrogen-bond acceptors (Lipinski definition) is 8. The summed E-state index contributed by atoms with van der Waals surface area (Å²) in [6.07, 6.45) is 8.42. The summed E-state index contributed by atoms with van der Waals surface area (Å²) in [6.45, 7) is 19.0. The van der Waals surface area contributed by atoms with Gasteiger partial charge in [-0.25, -0.2) is 9.59 Å². The SMILES string of the molecule is CCCCOc1ccc(C(=O)Oc2ccc(OC(=O)c3ccc(OCCCC)cc3)c(CO[Si](C)(C)O[Si](C)(C)CCC(CC(C)c3ccccc3)CC(CC)c3ccccc3)c2)cc1. The van der Waals surface area contributed by atoms with Crippen LogP contribution < -0.4 is 18.9 Å². The van der Waals surface area contributed by atoms with E-state index in [1.165, 1.54) is 11.1 Å². The molecule has 5 aromatic rings. The highest BCUT2D eigenvalue weighted by molar-refractivity contribution is 6.82. The first-order valence-corrected chi connectivity index (χ1v) is 29.7. The summed E-state index contributed by atoms with van der Waals surface area (Å²) in [6, 6.07) is 41.7. The van der Waals surface area contributed by atoms with Crippen molar-refractivity contribution in [1.29, 1.82) is 0 Å². The molecule has 0 fully saturated rings. The predicted octanol–water partition coefficient (Wildman–Crippen LogP) is 14.7. The van der Waals surface area contributed by atoms with Crippen molar-refractivity contribution in [3.63, 3.8) is 0 Å². The van der Waals surface area contributed by atoms with Crippen LogP contribution in [0.5, 0.6) is 23.0 Å². The van der Waals surface area contributed by atoms with Gasteiger partial charge < -0.3 is 27.5 Å². The molecule has 10 heteroatoms. The fourth-order valence-corrected chi connectivity index (χ4v) is 15.7. The second kappa shape index (κ2) is 25.6. The number of unbranched alkanes of at least 4 members (excludes halogenated alkanes) is 2.